The van der Waals surface area contributed by atoms with Crippen molar-refractivity contribution in [3.05, 3.63) is 59.2 Å². The molecule has 148 valence electrons. The molecule has 3 aromatic rings. The lowest BCUT2D eigenvalue weighted by molar-refractivity contribution is -0.120. The van der Waals surface area contributed by atoms with Crippen LogP contribution < -0.4 is 5.32 Å². The summed E-state index contributed by atoms with van der Waals surface area (Å²) in [5.41, 5.74) is 4.70. The minimum Gasteiger partial charge on any atom is -0.382 e. The van der Waals surface area contributed by atoms with Gasteiger partial charge in [-0.2, -0.15) is 0 Å². The Bertz CT molecular complexity index is 981. The molecular formula is C22H26FN3O2. The van der Waals surface area contributed by atoms with Crippen molar-refractivity contribution in [3.63, 3.8) is 0 Å². The van der Waals surface area contributed by atoms with Gasteiger partial charge in [0.15, 0.2) is 0 Å². The van der Waals surface area contributed by atoms with E-state index >= 15 is 0 Å². The maximum absolute atomic E-state index is 13.7. The normalized spacial score (nSPS) is 11.1. The zero-order valence-electron chi connectivity index (χ0n) is 16.6. The number of hydrogen-bond acceptors (Lipinski definition) is 3. The number of hydrogen-bond donors (Lipinski definition) is 1. The summed E-state index contributed by atoms with van der Waals surface area (Å²) in [6.07, 6.45) is 2.95. The molecule has 0 radical (unpaired) electrons. The van der Waals surface area contributed by atoms with E-state index in [2.05, 4.69) is 5.32 Å². The van der Waals surface area contributed by atoms with Crippen LogP contribution in [0.1, 0.15) is 30.2 Å². The third kappa shape index (κ3) is 4.57. The van der Waals surface area contributed by atoms with E-state index in [1.165, 1.54) is 6.07 Å². The van der Waals surface area contributed by atoms with Gasteiger partial charge in [0.2, 0.25) is 5.91 Å². The summed E-state index contributed by atoms with van der Waals surface area (Å²) in [6, 6.07) is 8.84. The first-order valence-electron chi connectivity index (χ1n) is 9.58. The Morgan fingerprint density at radius 1 is 1.25 bits per heavy atom. The van der Waals surface area contributed by atoms with Crippen LogP contribution in [-0.2, 0) is 16.0 Å². The van der Waals surface area contributed by atoms with Crippen LogP contribution in [0.5, 0.6) is 0 Å². The summed E-state index contributed by atoms with van der Waals surface area (Å²) in [5.74, 6) is -0.322. The second-order valence-electron chi connectivity index (χ2n) is 6.88. The molecule has 0 bridgehead atoms. The average Bonchev–Trinajstić information content (AvgIpc) is 3.01. The molecule has 0 saturated heterocycles. The Labute approximate surface area is 164 Å². The molecule has 1 aromatic carbocycles. The van der Waals surface area contributed by atoms with Crippen LogP contribution in [0.4, 0.5) is 4.39 Å². The fourth-order valence-electron chi connectivity index (χ4n) is 3.15. The van der Waals surface area contributed by atoms with Gasteiger partial charge in [-0.25, -0.2) is 9.37 Å². The van der Waals surface area contributed by atoms with Gasteiger partial charge in [-0.1, -0.05) is 6.07 Å². The van der Waals surface area contributed by atoms with Gasteiger partial charge in [0, 0.05) is 31.5 Å². The number of imidazole rings is 1. The van der Waals surface area contributed by atoms with Crippen molar-refractivity contribution in [2.24, 2.45) is 0 Å². The first kappa shape index (κ1) is 20.0. The van der Waals surface area contributed by atoms with Gasteiger partial charge < -0.3 is 14.5 Å². The molecule has 0 spiro atoms. The van der Waals surface area contributed by atoms with Crippen molar-refractivity contribution in [2.75, 3.05) is 19.8 Å². The number of rotatable bonds is 8. The highest BCUT2D eigenvalue weighted by molar-refractivity contribution is 5.81. The van der Waals surface area contributed by atoms with E-state index in [0.717, 1.165) is 28.9 Å². The van der Waals surface area contributed by atoms with Gasteiger partial charge in [0.25, 0.3) is 0 Å². The summed E-state index contributed by atoms with van der Waals surface area (Å²) in [7, 11) is 0. The Hall–Kier alpha value is -2.73. The van der Waals surface area contributed by atoms with Gasteiger partial charge in [-0.3, -0.25) is 4.79 Å². The summed E-state index contributed by atoms with van der Waals surface area (Å²) < 4.78 is 21.0. The number of nitrogens with one attached hydrogen (secondary N) is 1. The summed E-state index contributed by atoms with van der Waals surface area (Å²) in [4.78, 5) is 17.2. The van der Waals surface area contributed by atoms with Gasteiger partial charge in [0.05, 0.1) is 17.8 Å². The molecule has 0 aliphatic carbocycles. The average molecular weight is 383 g/mol. The largest absolute Gasteiger partial charge is 0.382 e. The van der Waals surface area contributed by atoms with Crippen LogP contribution in [0.3, 0.4) is 0 Å². The zero-order valence-corrected chi connectivity index (χ0v) is 16.6. The summed E-state index contributed by atoms with van der Waals surface area (Å²) in [5, 5.41) is 2.94. The van der Waals surface area contributed by atoms with E-state index in [0.29, 0.717) is 31.0 Å². The van der Waals surface area contributed by atoms with Crippen LogP contribution in [-0.4, -0.2) is 35.1 Å². The first-order valence-corrected chi connectivity index (χ1v) is 9.58. The molecule has 3 rings (SSSR count). The van der Waals surface area contributed by atoms with E-state index in [-0.39, 0.29) is 18.1 Å². The van der Waals surface area contributed by atoms with Crippen molar-refractivity contribution in [3.8, 4) is 11.3 Å². The second kappa shape index (κ2) is 8.97. The molecule has 0 aliphatic heterocycles. The number of amides is 1. The van der Waals surface area contributed by atoms with E-state index < -0.39 is 0 Å². The maximum atomic E-state index is 13.7. The van der Waals surface area contributed by atoms with Gasteiger partial charge in [-0.15, -0.1) is 0 Å². The topological polar surface area (TPSA) is 55.6 Å². The van der Waals surface area contributed by atoms with Crippen molar-refractivity contribution in [1.29, 1.82) is 0 Å². The third-order valence-corrected chi connectivity index (χ3v) is 4.62. The monoisotopic (exact) mass is 383 g/mol. The molecule has 5 nitrogen and oxygen atoms in total. The molecule has 0 fully saturated rings. The van der Waals surface area contributed by atoms with Crippen LogP contribution >= 0.6 is 0 Å². The van der Waals surface area contributed by atoms with Crippen molar-refractivity contribution >= 4 is 11.6 Å². The minimum atomic E-state index is -0.253. The molecule has 0 unspecified atom stereocenters. The number of benzene rings is 1. The molecule has 1 N–H and O–H groups in total. The predicted octanol–water partition coefficient (Wildman–Crippen LogP) is 3.84. The van der Waals surface area contributed by atoms with E-state index in [4.69, 9.17) is 9.72 Å². The number of nitrogens with zero attached hydrogens (tertiary/aromatic N) is 2. The molecule has 0 atom stereocenters. The van der Waals surface area contributed by atoms with Crippen molar-refractivity contribution < 1.29 is 13.9 Å². The Balaban J connectivity index is 1.89. The quantitative estimate of drug-likeness (QED) is 0.601. The van der Waals surface area contributed by atoms with Gasteiger partial charge >= 0.3 is 0 Å². The number of halogens is 1. The van der Waals surface area contributed by atoms with Crippen LogP contribution in [0, 0.1) is 19.7 Å². The minimum absolute atomic E-state index is 0.0695. The highest BCUT2D eigenvalue weighted by atomic mass is 19.1. The third-order valence-electron chi connectivity index (χ3n) is 4.62. The van der Waals surface area contributed by atoms with E-state index in [9.17, 15) is 9.18 Å². The van der Waals surface area contributed by atoms with Crippen LogP contribution in [0.15, 0.2) is 36.5 Å². The maximum Gasteiger partial charge on any atom is 0.226 e. The van der Waals surface area contributed by atoms with Crippen LogP contribution in [0.25, 0.3) is 16.9 Å². The summed E-state index contributed by atoms with van der Waals surface area (Å²) in [6.45, 7) is 7.55. The lowest BCUT2D eigenvalue weighted by Crippen LogP contribution is -2.27. The Kier molecular flexibility index (Phi) is 6.41. The Morgan fingerprint density at radius 2 is 2.07 bits per heavy atom. The van der Waals surface area contributed by atoms with Gasteiger partial charge in [0.1, 0.15) is 11.5 Å². The molecular weight excluding hydrogens is 357 g/mol. The Morgan fingerprint density at radius 3 is 2.82 bits per heavy atom. The zero-order chi connectivity index (χ0) is 20.1. The molecule has 28 heavy (non-hydrogen) atoms. The standard InChI is InChI=1S/C22H26FN3O2/c1-4-28-11-5-10-24-21(27)13-19-22(17-7-8-18(23)16(3)12-17)25-20-9-6-15(2)14-26(19)20/h6-9,12,14H,4-5,10-11,13H2,1-3H3,(H,24,27). The fourth-order valence-corrected chi connectivity index (χ4v) is 3.15. The smallest absolute Gasteiger partial charge is 0.226 e. The second-order valence-corrected chi connectivity index (χ2v) is 6.88. The van der Waals surface area contributed by atoms with Crippen LogP contribution in [0.2, 0.25) is 0 Å². The molecule has 6 heteroatoms. The number of carbonyl (C=O) groups is 1. The van der Waals surface area contributed by atoms with E-state index in [1.807, 2.05) is 36.6 Å². The van der Waals surface area contributed by atoms with E-state index in [1.54, 1.807) is 19.1 Å². The number of carbonyl (C=O) groups excluding carboxylic acids is 1. The lowest BCUT2D eigenvalue weighted by atomic mass is 10.1. The first-order chi connectivity index (χ1) is 13.5. The highest BCUT2D eigenvalue weighted by Gasteiger charge is 2.18. The number of fused-ring (bicyclic) bond motifs is 1. The molecule has 1 amide bonds. The SMILES string of the molecule is CCOCCCNC(=O)Cc1c(-c2ccc(F)c(C)c2)nc2ccc(C)cn12. The summed E-state index contributed by atoms with van der Waals surface area (Å²) >= 11 is 0. The number of aromatic nitrogens is 2. The molecule has 2 aromatic heterocycles. The predicted molar refractivity (Wildman–Crippen MR) is 108 cm³/mol. The molecule has 2 heterocycles. The highest BCUT2D eigenvalue weighted by Crippen LogP contribution is 2.27. The van der Waals surface area contributed by atoms with Crippen molar-refractivity contribution in [2.45, 2.75) is 33.6 Å². The number of aryl methyl sites for hydroxylation is 2. The van der Waals surface area contributed by atoms with Crippen molar-refractivity contribution in [1.82, 2.24) is 14.7 Å². The number of ether oxygens (including phenoxy) is 1. The van der Waals surface area contributed by atoms with Gasteiger partial charge in [-0.05, 0) is 62.6 Å². The molecule has 0 aliphatic rings. The molecule has 0 saturated carbocycles. The fraction of sp³-hybridized carbons (Fsp3) is 0.364. The lowest BCUT2D eigenvalue weighted by Gasteiger charge is -2.08. The number of pyridine rings is 1.